The van der Waals surface area contributed by atoms with Crippen LogP contribution in [0.25, 0.3) is 17.4 Å². The molecule has 0 fully saturated rings. The number of carbonyl (C=O) groups is 1. The summed E-state index contributed by atoms with van der Waals surface area (Å²) in [6, 6.07) is 12.7. The van der Waals surface area contributed by atoms with Crippen LogP contribution in [0.2, 0.25) is 0 Å². The third-order valence-electron chi connectivity index (χ3n) is 3.13. The van der Waals surface area contributed by atoms with E-state index in [9.17, 15) is 14.9 Å². The summed E-state index contributed by atoms with van der Waals surface area (Å²) in [6.45, 7) is 0. The zero-order chi connectivity index (χ0) is 16.2. The third-order valence-corrected chi connectivity index (χ3v) is 3.13. The Labute approximate surface area is 130 Å². The third kappa shape index (κ3) is 3.26. The molecule has 2 aromatic heterocycles. The molecule has 0 spiro atoms. The summed E-state index contributed by atoms with van der Waals surface area (Å²) in [6.07, 6.45) is 4.29. The van der Waals surface area contributed by atoms with E-state index < -0.39 is 4.92 Å². The van der Waals surface area contributed by atoms with Crippen LogP contribution >= 0.6 is 0 Å². The first-order valence-corrected chi connectivity index (χ1v) is 6.74. The zero-order valence-corrected chi connectivity index (χ0v) is 11.8. The predicted molar refractivity (Wildman–Crippen MR) is 82.9 cm³/mol. The van der Waals surface area contributed by atoms with E-state index in [4.69, 9.17) is 8.83 Å². The standard InChI is InChI=1S/C17H11NO5/c19-15(17-5-2-10-22-17)8-6-14-7-9-16(23-14)12-3-1-4-13(11-12)18(20)21/h1-11H. The fourth-order valence-corrected chi connectivity index (χ4v) is 2.03. The van der Waals surface area contributed by atoms with Crippen LogP contribution in [-0.4, -0.2) is 10.7 Å². The molecular weight excluding hydrogens is 298 g/mol. The average Bonchev–Trinajstić information content (AvgIpc) is 3.24. The van der Waals surface area contributed by atoms with E-state index in [2.05, 4.69) is 0 Å². The quantitative estimate of drug-likeness (QED) is 0.303. The minimum atomic E-state index is -0.463. The average molecular weight is 309 g/mol. The molecule has 6 nitrogen and oxygen atoms in total. The number of nitro groups is 1. The fraction of sp³-hybridized carbons (Fsp3) is 0. The monoisotopic (exact) mass is 309 g/mol. The van der Waals surface area contributed by atoms with Crippen molar-refractivity contribution >= 4 is 17.5 Å². The van der Waals surface area contributed by atoms with E-state index in [1.54, 1.807) is 36.4 Å². The van der Waals surface area contributed by atoms with Gasteiger partial charge in [0.25, 0.3) is 5.69 Å². The van der Waals surface area contributed by atoms with Gasteiger partial charge in [0, 0.05) is 17.7 Å². The van der Waals surface area contributed by atoms with Crippen LogP contribution in [0.5, 0.6) is 0 Å². The van der Waals surface area contributed by atoms with Gasteiger partial charge in [-0.1, -0.05) is 12.1 Å². The largest absolute Gasteiger partial charge is 0.461 e. The topological polar surface area (TPSA) is 86.5 Å². The van der Waals surface area contributed by atoms with Gasteiger partial charge in [0.05, 0.1) is 11.2 Å². The molecule has 0 aliphatic carbocycles. The SMILES string of the molecule is O=C(C=Cc1ccc(-c2cccc([N+](=O)[O-])c2)o1)c1ccco1. The van der Waals surface area contributed by atoms with Gasteiger partial charge in [-0.25, -0.2) is 0 Å². The van der Waals surface area contributed by atoms with Gasteiger partial charge in [0.2, 0.25) is 5.78 Å². The molecule has 0 saturated heterocycles. The Kier molecular flexibility index (Phi) is 3.88. The second-order valence-corrected chi connectivity index (χ2v) is 4.68. The number of non-ortho nitro benzene ring substituents is 1. The molecule has 6 heteroatoms. The molecule has 114 valence electrons. The Balaban J connectivity index is 1.79. The smallest absolute Gasteiger partial charge is 0.270 e. The highest BCUT2D eigenvalue weighted by atomic mass is 16.6. The minimum Gasteiger partial charge on any atom is -0.461 e. The lowest BCUT2D eigenvalue weighted by atomic mass is 10.1. The van der Waals surface area contributed by atoms with Crippen LogP contribution in [0.3, 0.4) is 0 Å². The Morgan fingerprint density at radius 1 is 1.13 bits per heavy atom. The maximum Gasteiger partial charge on any atom is 0.270 e. The molecule has 0 N–H and O–H groups in total. The van der Waals surface area contributed by atoms with Gasteiger partial charge in [-0.05, 0) is 36.4 Å². The van der Waals surface area contributed by atoms with E-state index in [1.165, 1.54) is 30.5 Å². The maximum atomic E-state index is 11.8. The molecule has 3 aromatic rings. The van der Waals surface area contributed by atoms with Gasteiger partial charge in [-0.15, -0.1) is 0 Å². The molecule has 0 aliphatic rings. The van der Waals surface area contributed by atoms with Gasteiger partial charge < -0.3 is 8.83 Å². The number of ketones is 1. The van der Waals surface area contributed by atoms with Crippen molar-refractivity contribution in [3.05, 3.63) is 82.5 Å². The molecule has 0 aliphatic heterocycles. The van der Waals surface area contributed by atoms with Crippen LogP contribution in [0.1, 0.15) is 16.3 Å². The van der Waals surface area contributed by atoms with Gasteiger partial charge in [0.1, 0.15) is 11.5 Å². The van der Waals surface area contributed by atoms with E-state index in [0.717, 1.165) is 0 Å². The van der Waals surface area contributed by atoms with E-state index in [1.807, 2.05) is 0 Å². The number of carbonyl (C=O) groups excluding carboxylic acids is 1. The summed E-state index contributed by atoms with van der Waals surface area (Å²) in [5.41, 5.74) is 0.584. The Hall–Kier alpha value is -3.41. The zero-order valence-electron chi connectivity index (χ0n) is 11.8. The van der Waals surface area contributed by atoms with Crippen molar-refractivity contribution in [3.63, 3.8) is 0 Å². The highest BCUT2D eigenvalue weighted by molar-refractivity contribution is 6.04. The lowest BCUT2D eigenvalue weighted by Gasteiger charge is -1.96. The highest BCUT2D eigenvalue weighted by Gasteiger charge is 2.10. The minimum absolute atomic E-state index is 0.0102. The molecule has 0 unspecified atom stereocenters. The Morgan fingerprint density at radius 3 is 2.74 bits per heavy atom. The molecule has 1 aromatic carbocycles. The van der Waals surface area contributed by atoms with Crippen LogP contribution < -0.4 is 0 Å². The number of nitro benzene ring substituents is 1. The predicted octanol–water partition coefficient (Wildman–Crippen LogP) is 4.34. The van der Waals surface area contributed by atoms with Gasteiger partial charge in [0.15, 0.2) is 5.76 Å². The summed E-state index contributed by atoms with van der Waals surface area (Å²) >= 11 is 0. The van der Waals surface area contributed by atoms with Crippen LogP contribution in [0, 0.1) is 10.1 Å². The summed E-state index contributed by atoms with van der Waals surface area (Å²) in [7, 11) is 0. The van der Waals surface area contributed by atoms with Gasteiger partial charge in [-0.3, -0.25) is 14.9 Å². The van der Waals surface area contributed by atoms with Crippen molar-refractivity contribution in [2.45, 2.75) is 0 Å². The summed E-state index contributed by atoms with van der Waals surface area (Å²) < 4.78 is 10.6. The molecule has 0 amide bonds. The maximum absolute atomic E-state index is 11.8. The second kappa shape index (κ2) is 6.15. The van der Waals surface area contributed by atoms with Crippen molar-refractivity contribution in [1.29, 1.82) is 0 Å². The Morgan fingerprint density at radius 2 is 2.00 bits per heavy atom. The normalized spacial score (nSPS) is 11.0. The molecule has 0 bridgehead atoms. The van der Waals surface area contributed by atoms with Crippen LogP contribution in [0.15, 0.2) is 69.7 Å². The van der Waals surface area contributed by atoms with E-state index in [0.29, 0.717) is 17.1 Å². The first-order chi connectivity index (χ1) is 11.1. The second-order valence-electron chi connectivity index (χ2n) is 4.68. The number of hydrogen-bond donors (Lipinski definition) is 0. The molecule has 2 heterocycles. The molecule has 3 rings (SSSR count). The van der Waals surface area contributed by atoms with Gasteiger partial charge in [-0.2, -0.15) is 0 Å². The number of hydrogen-bond acceptors (Lipinski definition) is 5. The summed E-state index contributed by atoms with van der Waals surface area (Å²) in [5.74, 6) is 0.917. The van der Waals surface area contributed by atoms with Crippen LogP contribution in [0.4, 0.5) is 5.69 Å². The highest BCUT2D eigenvalue weighted by Crippen LogP contribution is 2.26. The number of furan rings is 2. The van der Waals surface area contributed by atoms with Gasteiger partial charge >= 0.3 is 0 Å². The van der Waals surface area contributed by atoms with Crippen molar-refractivity contribution in [2.24, 2.45) is 0 Å². The molecule has 0 radical (unpaired) electrons. The van der Waals surface area contributed by atoms with Crippen molar-refractivity contribution in [3.8, 4) is 11.3 Å². The van der Waals surface area contributed by atoms with Crippen LogP contribution in [-0.2, 0) is 0 Å². The van der Waals surface area contributed by atoms with E-state index in [-0.39, 0.29) is 17.2 Å². The van der Waals surface area contributed by atoms with Crippen molar-refractivity contribution in [2.75, 3.05) is 0 Å². The lowest BCUT2D eigenvalue weighted by molar-refractivity contribution is -0.384. The summed E-state index contributed by atoms with van der Waals surface area (Å²) in [5, 5.41) is 10.8. The number of allylic oxidation sites excluding steroid dienone is 1. The summed E-state index contributed by atoms with van der Waals surface area (Å²) in [4.78, 5) is 22.1. The van der Waals surface area contributed by atoms with Crippen molar-refractivity contribution < 1.29 is 18.6 Å². The fourth-order valence-electron chi connectivity index (χ4n) is 2.03. The first-order valence-electron chi connectivity index (χ1n) is 6.74. The number of rotatable bonds is 5. The molecular formula is C17H11NO5. The van der Waals surface area contributed by atoms with Crippen molar-refractivity contribution in [1.82, 2.24) is 0 Å². The Bertz CT molecular complexity index is 874. The number of benzene rings is 1. The molecule has 23 heavy (non-hydrogen) atoms. The molecule has 0 atom stereocenters. The lowest BCUT2D eigenvalue weighted by Crippen LogP contribution is -1.89. The number of nitrogens with zero attached hydrogens (tertiary/aromatic N) is 1. The molecule has 0 saturated carbocycles. The first kappa shape index (κ1) is 14.5. The van der Waals surface area contributed by atoms with E-state index >= 15 is 0 Å².